The van der Waals surface area contributed by atoms with Crippen molar-refractivity contribution < 1.29 is 4.79 Å². The van der Waals surface area contributed by atoms with Crippen LogP contribution in [0.25, 0.3) is 11.0 Å². The van der Waals surface area contributed by atoms with Gasteiger partial charge in [0, 0.05) is 23.1 Å². The van der Waals surface area contributed by atoms with E-state index in [4.69, 9.17) is 10.7 Å². The lowest BCUT2D eigenvalue weighted by molar-refractivity contribution is 0.0605. The van der Waals surface area contributed by atoms with E-state index in [2.05, 4.69) is 64.7 Å². The van der Waals surface area contributed by atoms with E-state index in [1.54, 1.807) is 0 Å². The fourth-order valence-corrected chi connectivity index (χ4v) is 4.70. The molecule has 1 atom stereocenters. The highest BCUT2D eigenvalue weighted by atomic mass is 79.9. The van der Waals surface area contributed by atoms with Gasteiger partial charge in [-0.15, -0.1) is 0 Å². The number of fused-ring (bicyclic) bond motifs is 1. The lowest BCUT2D eigenvalue weighted by Crippen LogP contribution is -2.40. The van der Waals surface area contributed by atoms with Crippen LogP contribution in [-0.2, 0) is 6.54 Å². The summed E-state index contributed by atoms with van der Waals surface area (Å²) in [5.41, 5.74) is 9.75. The second-order valence-corrected chi connectivity index (χ2v) is 9.78. The van der Waals surface area contributed by atoms with Gasteiger partial charge in [-0.05, 0) is 60.8 Å². The first-order valence-corrected chi connectivity index (χ1v) is 12.5. The number of hydrogen-bond donors (Lipinski definition) is 1. The second-order valence-electron chi connectivity index (χ2n) is 8.87. The number of para-hydroxylation sites is 2. The Hall–Kier alpha value is -2.96. The minimum absolute atomic E-state index is 0.00188. The van der Waals surface area contributed by atoms with Crippen molar-refractivity contribution in [2.45, 2.75) is 32.9 Å². The highest BCUT2D eigenvalue weighted by Gasteiger charge is 2.32. The zero-order valence-corrected chi connectivity index (χ0v) is 21.3. The fraction of sp³-hybridized carbons (Fsp3) is 0.286. The van der Waals surface area contributed by atoms with Crippen LogP contribution in [-0.4, -0.2) is 33.4 Å². The summed E-state index contributed by atoms with van der Waals surface area (Å²) in [6.07, 6.45) is 0.727. The van der Waals surface area contributed by atoms with Gasteiger partial charge in [-0.1, -0.05) is 72.2 Å². The zero-order chi connectivity index (χ0) is 24.1. The molecule has 0 radical (unpaired) electrons. The maximum atomic E-state index is 13.8. The van der Waals surface area contributed by atoms with Crippen LogP contribution in [0.1, 0.15) is 48.1 Å². The van der Waals surface area contributed by atoms with Crippen LogP contribution < -0.4 is 5.73 Å². The SMILES string of the molecule is CC(C)C(c1nc2ccccc2n1Cc1ccccc1)N(CCCN)C(=O)c1ccc(Br)cc1. The highest BCUT2D eigenvalue weighted by Crippen LogP contribution is 2.33. The van der Waals surface area contributed by atoms with E-state index in [0.29, 0.717) is 25.2 Å². The zero-order valence-electron chi connectivity index (χ0n) is 19.7. The Bertz CT molecular complexity index is 1230. The van der Waals surface area contributed by atoms with E-state index >= 15 is 0 Å². The van der Waals surface area contributed by atoms with Crippen molar-refractivity contribution in [1.29, 1.82) is 0 Å². The summed E-state index contributed by atoms with van der Waals surface area (Å²) >= 11 is 3.47. The van der Waals surface area contributed by atoms with Gasteiger partial charge in [-0.25, -0.2) is 4.98 Å². The van der Waals surface area contributed by atoms with Gasteiger partial charge in [0.1, 0.15) is 5.82 Å². The molecule has 6 heteroatoms. The molecule has 0 aliphatic heterocycles. The molecule has 4 aromatic rings. The number of halogens is 1. The quantitative estimate of drug-likeness (QED) is 0.294. The molecule has 1 amide bonds. The predicted molar refractivity (Wildman–Crippen MR) is 142 cm³/mol. The number of imidazole rings is 1. The molecule has 0 spiro atoms. The minimum Gasteiger partial charge on any atom is -0.330 e. The summed E-state index contributed by atoms with van der Waals surface area (Å²) in [5, 5.41) is 0. The number of carbonyl (C=O) groups excluding carboxylic acids is 1. The Morgan fingerprint density at radius 1 is 1.00 bits per heavy atom. The number of nitrogens with two attached hydrogens (primary N) is 1. The number of amides is 1. The first kappa shape index (κ1) is 24.2. The van der Waals surface area contributed by atoms with E-state index in [9.17, 15) is 4.79 Å². The topological polar surface area (TPSA) is 64.2 Å². The number of benzene rings is 3. The molecular weight excluding hydrogens is 488 g/mol. The summed E-state index contributed by atoms with van der Waals surface area (Å²) in [5.74, 6) is 1.06. The van der Waals surface area contributed by atoms with Gasteiger partial charge in [-0.2, -0.15) is 0 Å². The molecule has 0 aliphatic rings. The molecule has 1 heterocycles. The van der Waals surface area contributed by atoms with E-state index in [1.807, 2.05) is 53.4 Å². The van der Waals surface area contributed by atoms with Crippen molar-refractivity contribution in [2.24, 2.45) is 11.7 Å². The Morgan fingerprint density at radius 2 is 1.68 bits per heavy atom. The summed E-state index contributed by atoms with van der Waals surface area (Å²) < 4.78 is 3.21. The van der Waals surface area contributed by atoms with E-state index in [-0.39, 0.29) is 17.9 Å². The Labute approximate surface area is 209 Å². The van der Waals surface area contributed by atoms with Gasteiger partial charge in [0.15, 0.2) is 0 Å². The summed E-state index contributed by atoms with van der Waals surface area (Å²) in [4.78, 5) is 20.8. The molecule has 0 saturated heterocycles. The molecule has 34 heavy (non-hydrogen) atoms. The first-order chi connectivity index (χ1) is 16.5. The number of hydrogen-bond acceptors (Lipinski definition) is 3. The van der Waals surface area contributed by atoms with Crippen molar-refractivity contribution in [3.05, 3.63) is 100 Å². The molecular formula is C28H31BrN4O. The Balaban J connectivity index is 1.83. The smallest absolute Gasteiger partial charge is 0.254 e. The van der Waals surface area contributed by atoms with Gasteiger partial charge >= 0.3 is 0 Å². The molecule has 0 fully saturated rings. The van der Waals surface area contributed by atoms with E-state index < -0.39 is 0 Å². The molecule has 4 rings (SSSR count). The van der Waals surface area contributed by atoms with Gasteiger partial charge in [0.05, 0.1) is 17.1 Å². The third-order valence-electron chi connectivity index (χ3n) is 6.05. The normalized spacial score (nSPS) is 12.3. The van der Waals surface area contributed by atoms with Crippen molar-refractivity contribution >= 4 is 32.9 Å². The van der Waals surface area contributed by atoms with Crippen LogP contribution in [0.15, 0.2) is 83.3 Å². The van der Waals surface area contributed by atoms with Crippen LogP contribution in [0.3, 0.4) is 0 Å². The van der Waals surface area contributed by atoms with E-state index in [0.717, 1.165) is 27.8 Å². The lowest BCUT2D eigenvalue weighted by atomic mass is 9.99. The molecule has 3 aromatic carbocycles. The average molecular weight is 519 g/mol. The third kappa shape index (κ3) is 5.24. The van der Waals surface area contributed by atoms with Crippen LogP contribution >= 0.6 is 15.9 Å². The number of aromatic nitrogens is 2. The molecule has 0 saturated carbocycles. The summed E-state index contributed by atoms with van der Waals surface area (Å²) in [6, 6.07) is 25.9. The maximum Gasteiger partial charge on any atom is 0.254 e. The lowest BCUT2D eigenvalue weighted by Gasteiger charge is -2.34. The standard InChI is InChI=1S/C28H31BrN4O/c1-20(2)26(32(18-8-17-30)28(34)22-13-15-23(29)16-14-22)27-31-24-11-6-7-12-25(24)33(27)19-21-9-4-3-5-10-21/h3-7,9-16,20,26H,8,17-19,30H2,1-2H3. The second kappa shape index (κ2) is 11.0. The van der Waals surface area contributed by atoms with Crippen LogP contribution in [0.5, 0.6) is 0 Å². The average Bonchev–Trinajstić information content (AvgIpc) is 3.19. The fourth-order valence-electron chi connectivity index (χ4n) is 4.44. The molecule has 176 valence electrons. The van der Waals surface area contributed by atoms with Crippen molar-refractivity contribution in [3.63, 3.8) is 0 Å². The molecule has 0 aliphatic carbocycles. The number of nitrogens with zero attached hydrogens (tertiary/aromatic N) is 3. The van der Waals surface area contributed by atoms with Gasteiger partial charge in [0.2, 0.25) is 0 Å². The number of carbonyl (C=O) groups is 1. The predicted octanol–water partition coefficient (Wildman–Crippen LogP) is 6.04. The van der Waals surface area contributed by atoms with Gasteiger partial charge in [-0.3, -0.25) is 4.79 Å². The van der Waals surface area contributed by atoms with Crippen LogP contribution in [0.4, 0.5) is 0 Å². The number of rotatable bonds is 9. The summed E-state index contributed by atoms with van der Waals surface area (Å²) in [7, 11) is 0. The van der Waals surface area contributed by atoms with Crippen molar-refractivity contribution in [2.75, 3.05) is 13.1 Å². The molecule has 2 N–H and O–H groups in total. The third-order valence-corrected chi connectivity index (χ3v) is 6.58. The van der Waals surface area contributed by atoms with Crippen LogP contribution in [0, 0.1) is 5.92 Å². The minimum atomic E-state index is -0.196. The van der Waals surface area contributed by atoms with E-state index in [1.165, 1.54) is 5.56 Å². The molecule has 0 bridgehead atoms. The molecule has 1 unspecified atom stereocenters. The highest BCUT2D eigenvalue weighted by molar-refractivity contribution is 9.10. The largest absolute Gasteiger partial charge is 0.330 e. The van der Waals surface area contributed by atoms with Crippen LogP contribution in [0.2, 0.25) is 0 Å². The van der Waals surface area contributed by atoms with Crippen molar-refractivity contribution in [1.82, 2.24) is 14.5 Å². The molecule has 1 aromatic heterocycles. The molecule has 5 nitrogen and oxygen atoms in total. The Morgan fingerprint density at radius 3 is 2.35 bits per heavy atom. The van der Waals surface area contributed by atoms with Gasteiger partial charge in [0.25, 0.3) is 5.91 Å². The van der Waals surface area contributed by atoms with Gasteiger partial charge < -0.3 is 15.2 Å². The van der Waals surface area contributed by atoms with Crippen molar-refractivity contribution in [3.8, 4) is 0 Å². The monoisotopic (exact) mass is 518 g/mol. The Kier molecular flexibility index (Phi) is 7.80. The summed E-state index contributed by atoms with van der Waals surface area (Å²) in [6.45, 7) is 6.09. The first-order valence-electron chi connectivity index (χ1n) is 11.7. The maximum absolute atomic E-state index is 13.8.